The van der Waals surface area contributed by atoms with Crippen LogP contribution in [-0.2, 0) is 4.79 Å². The second-order valence-corrected chi connectivity index (χ2v) is 10.4. The molecule has 3 aromatic rings. The van der Waals surface area contributed by atoms with Crippen LogP contribution in [0.2, 0.25) is 0 Å². The van der Waals surface area contributed by atoms with E-state index in [4.69, 9.17) is 0 Å². The summed E-state index contributed by atoms with van der Waals surface area (Å²) in [5.74, 6) is -0.863. The van der Waals surface area contributed by atoms with Crippen LogP contribution in [0.25, 0.3) is 0 Å². The van der Waals surface area contributed by atoms with Crippen LogP contribution in [0.5, 0.6) is 0 Å². The van der Waals surface area contributed by atoms with Crippen LogP contribution in [0.3, 0.4) is 0 Å². The van der Waals surface area contributed by atoms with Crippen molar-refractivity contribution >= 4 is 29.1 Å². The van der Waals surface area contributed by atoms with Gasteiger partial charge in [-0.05, 0) is 67.3 Å². The van der Waals surface area contributed by atoms with Gasteiger partial charge in [0.2, 0.25) is 5.91 Å². The SMILES string of the molecule is CC[C@H](C(=O)N1CCN(c2ccc(NC(=O)c3ccc(F)cc3)cc2C(=O)N2CCCC2)CC1)c1ccccc1. The van der Waals surface area contributed by atoms with Gasteiger partial charge in [0.1, 0.15) is 5.82 Å². The van der Waals surface area contributed by atoms with E-state index >= 15 is 0 Å². The minimum Gasteiger partial charge on any atom is -0.367 e. The van der Waals surface area contributed by atoms with Crippen molar-refractivity contribution < 1.29 is 18.8 Å². The van der Waals surface area contributed by atoms with Crippen LogP contribution in [-0.4, -0.2) is 66.8 Å². The molecule has 0 unspecified atom stereocenters. The van der Waals surface area contributed by atoms with E-state index in [2.05, 4.69) is 10.2 Å². The van der Waals surface area contributed by atoms with Crippen molar-refractivity contribution in [3.8, 4) is 0 Å². The fourth-order valence-electron chi connectivity index (χ4n) is 5.58. The molecule has 2 fully saturated rings. The zero-order chi connectivity index (χ0) is 28.1. The van der Waals surface area contributed by atoms with E-state index in [9.17, 15) is 18.8 Å². The van der Waals surface area contributed by atoms with Gasteiger partial charge >= 0.3 is 0 Å². The molecule has 2 aliphatic rings. The molecule has 0 radical (unpaired) electrons. The van der Waals surface area contributed by atoms with Crippen molar-refractivity contribution in [1.82, 2.24) is 9.80 Å². The van der Waals surface area contributed by atoms with E-state index in [1.54, 1.807) is 12.1 Å². The number of piperazine rings is 1. The van der Waals surface area contributed by atoms with E-state index < -0.39 is 5.82 Å². The minimum absolute atomic E-state index is 0.0565. The monoisotopic (exact) mass is 542 g/mol. The quantitative estimate of drug-likeness (QED) is 0.448. The summed E-state index contributed by atoms with van der Waals surface area (Å²) in [4.78, 5) is 45.7. The van der Waals surface area contributed by atoms with Gasteiger partial charge in [-0.2, -0.15) is 0 Å². The second kappa shape index (κ2) is 12.3. The number of hydrogen-bond donors (Lipinski definition) is 1. The van der Waals surface area contributed by atoms with Crippen molar-refractivity contribution in [1.29, 1.82) is 0 Å². The highest BCUT2D eigenvalue weighted by Crippen LogP contribution is 2.29. The highest BCUT2D eigenvalue weighted by molar-refractivity contribution is 6.06. The summed E-state index contributed by atoms with van der Waals surface area (Å²) < 4.78 is 13.3. The molecule has 5 rings (SSSR count). The second-order valence-electron chi connectivity index (χ2n) is 10.4. The van der Waals surface area contributed by atoms with Crippen molar-refractivity contribution in [2.24, 2.45) is 0 Å². The first-order valence-electron chi connectivity index (χ1n) is 14.0. The van der Waals surface area contributed by atoms with Crippen molar-refractivity contribution in [3.63, 3.8) is 0 Å². The fourth-order valence-corrected chi connectivity index (χ4v) is 5.58. The molecule has 1 atom stereocenters. The van der Waals surface area contributed by atoms with Gasteiger partial charge in [0, 0.05) is 56.2 Å². The largest absolute Gasteiger partial charge is 0.367 e. The molecular weight excluding hydrogens is 507 g/mol. The predicted molar refractivity (Wildman–Crippen MR) is 154 cm³/mol. The summed E-state index contributed by atoms with van der Waals surface area (Å²) in [6.45, 7) is 5.83. The molecule has 0 saturated carbocycles. The maximum Gasteiger partial charge on any atom is 0.256 e. The normalized spacial score (nSPS) is 16.1. The highest BCUT2D eigenvalue weighted by Gasteiger charge is 2.30. The van der Waals surface area contributed by atoms with Gasteiger partial charge in [-0.15, -0.1) is 0 Å². The van der Waals surface area contributed by atoms with Crippen LogP contribution in [0, 0.1) is 5.82 Å². The zero-order valence-corrected chi connectivity index (χ0v) is 22.8. The Balaban J connectivity index is 1.33. The summed E-state index contributed by atoms with van der Waals surface area (Å²) in [5, 5.41) is 2.85. The zero-order valence-electron chi connectivity index (χ0n) is 22.8. The van der Waals surface area contributed by atoms with Gasteiger partial charge < -0.3 is 20.0 Å². The number of halogens is 1. The first-order chi connectivity index (χ1) is 19.4. The Morgan fingerprint density at radius 1 is 0.825 bits per heavy atom. The number of benzene rings is 3. The molecule has 2 aliphatic heterocycles. The first-order valence-corrected chi connectivity index (χ1v) is 14.0. The van der Waals surface area contributed by atoms with E-state index in [1.807, 2.05) is 53.1 Å². The third kappa shape index (κ3) is 6.01. The Hall–Kier alpha value is -4.20. The van der Waals surface area contributed by atoms with Crippen molar-refractivity contribution in [3.05, 3.63) is 95.3 Å². The highest BCUT2D eigenvalue weighted by atomic mass is 19.1. The number of nitrogens with one attached hydrogen (secondary N) is 1. The molecule has 0 aliphatic carbocycles. The molecule has 2 heterocycles. The van der Waals surface area contributed by atoms with Gasteiger partial charge in [0.15, 0.2) is 0 Å². The van der Waals surface area contributed by atoms with Crippen molar-refractivity contribution in [2.45, 2.75) is 32.1 Å². The number of likely N-dealkylation sites (tertiary alicyclic amines) is 1. The molecule has 40 heavy (non-hydrogen) atoms. The first kappa shape index (κ1) is 27.4. The third-order valence-corrected chi connectivity index (χ3v) is 7.82. The molecule has 0 bridgehead atoms. The van der Waals surface area contributed by atoms with Crippen molar-refractivity contribution in [2.75, 3.05) is 49.5 Å². The Bertz CT molecular complexity index is 1350. The number of amides is 3. The van der Waals surface area contributed by atoms with E-state index in [1.165, 1.54) is 24.3 Å². The lowest BCUT2D eigenvalue weighted by molar-refractivity contribution is -0.133. The van der Waals surface area contributed by atoms with Crippen LogP contribution < -0.4 is 10.2 Å². The number of carbonyl (C=O) groups excluding carboxylic acids is 3. The van der Waals surface area contributed by atoms with E-state index in [-0.39, 0.29) is 23.6 Å². The maximum atomic E-state index is 13.6. The lowest BCUT2D eigenvalue weighted by atomic mass is 9.94. The predicted octanol–water partition coefficient (Wildman–Crippen LogP) is 5.16. The summed E-state index contributed by atoms with van der Waals surface area (Å²) in [6, 6.07) is 20.6. The molecule has 3 aromatic carbocycles. The number of rotatable bonds is 7. The van der Waals surface area contributed by atoms with Gasteiger partial charge in [-0.25, -0.2) is 4.39 Å². The van der Waals surface area contributed by atoms with Crippen LogP contribution in [0.4, 0.5) is 15.8 Å². The van der Waals surface area contributed by atoms with Crippen LogP contribution in [0.15, 0.2) is 72.8 Å². The Morgan fingerprint density at radius 3 is 2.15 bits per heavy atom. The Morgan fingerprint density at radius 2 is 1.50 bits per heavy atom. The topological polar surface area (TPSA) is 73.0 Å². The Labute approximate surface area is 234 Å². The third-order valence-electron chi connectivity index (χ3n) is 7.82. The minimum atomic E-state index is -0.411. The van der Waals surface area contributed by atoms with E-state index in [0.29, 0.717) is 56.1 Å². The average molecular weight is 543 g/mol. The molecule has 3 amide bonds. The number of nitrogens with zero attached hydrogens (tertiary/aromatic N) is 3. The van der Waals surface area contributed by atoms with Gasteiger partial charge in [-0.3, -0.25) is 14.4 Å². The standard InChI is InChI=1S/C32H35FN4O3/c1-2-27(23-8-4-3-5-9-23)31(39)37-20-18-35(19-21-37)29-15-14-26(22-28(29)32(40)36-16-6-7-17-36)34-30(38)24-10-12-25(33)13-11-24/h3-5,8-15,22,27H,2,6-7,16-21H2,1H3,(H,34,38)/t27-/m0/s1. The molecule has 0 spiro atoms. The van der Waals surface area contributed by atoms with Gasteiger partial charge in [0.05, 0.1) is 11.5 Å². The fraction of sp³-hybridized carbons (Fsp3) is 0.344. The summed E-state index contributed by atoms with van der Waals surface area (Å²) in [6.07, 6.45) is 2.69. The molecule has 2 saturated heterocycles. The van der Waals surface area contributed by atoms with Crippen LogP contribution in [0.1, 0.15) is 58.4 Å². The molecule has 208 valence electrons. The summed E-state index contributed by atoms with van der Waals surface area (Å²) in [7, 11) is 0. The number of carbonyl (C=O) groups is 3. The lowest BCUT2D eigenvalue weighted by Gasteiger charge is -2.38. The molecule has 1 N–H and O–H groups in total. The van der Waals surface area contributed by atoms with Crippen LogP contribution >= 0.6 is 0 Å². The smallest absolute Gasteiger partial charge is 0.256 e. The summed E-state index contributed by atoms with van der Waals surface area (Å²) in [5.41, 5.74) is 3.21. The Kier molecular flexibility index (Phi) is 8.43. The lowest BCUT2D eigenvalue weighted by Crippen LogP contribution is -2.50. The molecule has 8 heteroatoms. The molecule has 7 nitrogen and oxygen atoms in total. The molecular formula is C32H35FN4O3. The number of anilines is 2. The maximum absolute atomic E-state index is 13.6. The number of hydrogen-bond acceptors (Lipinski definition) is 4. The van der Waals surface area contributed by atoms with Gasteiger partial charge in [-0.1, -0.05) is 37.3 Å². The summed E-state index contributed by atoms with van der Waals surface area (Å²) >= 11 is 0. The average Bonchev–Trinajstić information content (AvgIpc) is 3.53. The van der Waals surface area contributed by atoms with E-state index in [0.717, 1.165) is 30.5 Å². The van der Waals surface area contributed by atoms with Gasteiger partial charge in [0.25, 0.3) is 11.8 Å². The molecule has 0 aromatic heterocycles.